The van der Waals surface area contributed by atoms with E-state index < -0.39 is 21.4 Å². The first kappa shape index (κ1) is 31.7. The van der Waals surface area contributed by atoms with E-state index in [9.17, 15) is 31.2 Å². The predicted octanol–water partition coefficient (Wildman–Crippen LogP) is 7.01. The normalized spacial score (nSPS) is 19.2. The molecule has 1 fully saturated rings. The van der Waals surface area contributed by atoms with Crippen molar-refractivity contribution in [2.24, 2.45) is 0 Å². The second-order valence-corrected chi connectivity index (χ2v) is 13.8. The first-order valence-corrected chi connectivity index (χ1v) is 17.0. The Morgan fingerprint density at radius 1 is 0.812 bits per heavy atom. The molecule has 0 aromatic heterocycles. The quantitative estimate of drug-likeness (QED) is 0.107. The second kappa shape index (κ2) is 12.0. The van der Waals surface area contributed by atoms with Crippen LogP contribution < -0.4 is 13.8 Å². The molecule has 248 valence electrons. The van der Waals surface area contributed by atoms with Gasteiger partial charge in [-0.25, -0.2) is 0 Å². The minimum Gasteiger partial charge on any atom is -0.492 e. The molecule has 0 radical (unpaired) electrons. The van der Waals surface area contributed by atoms with Crippen molar-refractivity contribution < 1.29 is 40.1 Å². The van der Waals surface area contributed by atoms with E-state index in [1.54, 1.807) is 42.5 Å². The molecule has 0 N–H and O–H groups in total. The molecule has 4 aromatic carbocycles. The Morgan fingerprint density at radius 3 is 2.02 bits per heavy atom. The summed E-state index contributed by atoms with van der Waals surface area (Å²) in [5, 5.41) is 0. The number of rotatable bonds is 9. The Labute approximate surface area is 275 Å². The summed E-state index contributed by atoms with van der Waals surface area (Å²) in [4.78, 5) is 28.8. The zero-order valence-corrected chi connectivity index (χ0v) is 26.6. The van der Waals surface area contributed by atoms with Gasteiger partial charge in [-0.15, -0.1) is 0 Å². The third-order valence-corrected chi connectivity index (χ3v) is 10.0. The predicted molar refractivity (Wildman–Crippen MR) is 172 cm³/mol. The van der Waals surface area contributed by atoms with Gasteiger partial charge in [-0.1, -0.05) is 42.5 Å². The highest BCUT2D eigenvalue weighted by Crippen LogP contribution is 2.45. The molecule has 8 nitrogen and oxygen atoms in total. The van der Waals surface area contributed by atoms with Gasteiger partial charge in [0.05, 0.1) is 23.7 Å². The van der Waals surface area contributed by atoms with Crippen LogP contribution in [0.25, 0.3) is 0 Å². The molecule has 0 saturated heterocycles. The van der Waals surface area contributed by atoms with Gasteiger partial charge in [0.25, 0.3) is 11.8 Å². The van der Waals surface area contributed by atoms with E-state index in [0.29, 0.717) is 34.8 Å². The van der Waals surface area contributed by atoms with Crippen LogP contribution >= 0.6 is 0 Å². The smallest absolute Gasteiger partial charge is 0.492 e. The second-order valence-electron chi connectivity index (χ2n) is 12.3. The third-order valence-electron chi connectivity index (χ3n) is 9.06. The van der Waals surface area contributed by atoms with E-state index in [4.69, 9.17) is 4.74 Å². The van der Waals surface area contributed by atoms with Gasteiger partial charge in [-0.2, -0.15) is 21.6 Å². The largest absolute Gasteiger partial charge is 0.534 e. The van der Waals surface area contributed by atoms with Gasteiger partial charge < -0.3 is 13.8 Å². The molecule has 48 heavy (non-hydrogen) atoms. The summed E-state index contributed by atoms with van der Waals surface area (Å²) in [7, 11) is -5.82. The van der Waals surface area contributed by atoms with Crippen LogP contribution in [0.4, 0.5) is 18.9 Å². The van der Waals surface area contributed by atoms with Crippen LogP contribution in [0.2, 0.25) is 0 Å². The fourth-order valence-corrected chi connectivity index (χ4v) is 7.05. The minimum absolute atomic E-state index is 0.0840. The lowest BCUT2D eigenvalue weighted by Crippen LogP contribution is -2.43. The van der Waals surface area contributed by atoms with Crippen molar-refractivity contribution in [2.45, 2.75) is 49.7 Å². The van der Waals surface area contributed by atoms with Gasteiger partial charge in [0.15, 0.2) is 0 Å². The molecule has 2 aliphatic heterocycles. The van der Waals surface area contributed by atoms with Gasteiger partial charge in [0.2, 0.25) is 0 Å². The van der Waals surface area contributed by atoms with Gasteiger partial charge in [0, 0.05) is 11.7 Å². The van der Waals surface area contributed by atoms with Crippen molar-refractivity contribution >= 4 is 27.6 Å². The van der Waals surface area contributed by atoms with Crippen molar-refractivity contribution in [3.8, 4) is 11.5 Å². The van der Waals surface area contributed by atoms with E-state index >= 15 is 0 Å². The number of hydrogen-bond donors (Lipinski definition) is 0. The standard InChI is InChI=1S/C36H31F3N2O6S/c1-22-20-26-21-29(47-48(44,45)36(37,38)39)16-17-30(26)33(41(22)27-12-8-24(9-13-27)23-6-7-23)25-10-14-28(15-11-25)46-19-18-40-34(42)31-4-2-3-5-32(31)35(40)43/h2-5,8-17,21-23,33H,6-7,18-20H2,1H3. The van der Waals surface area contributed by atoms with Crippen molar-refractivity contribution in [2.75, 3.05) is 18.1 Å². The van der Waals surface area contributed by atoms with Gasteiger partial charge in [0.1, 0.15) is 18.1 Å². The number of halogens is 3. The highest BCUT2D eigenvalue weighted by Gasteiger charge is 2.48. The summed E-state index contributed by atoms with van der Waals surface area (Å²) in [6.07, 6.45) is 2.80. The van der Waals surface area contributed by atoms with Crippen LogP contribution in [0, 0.1) is 0 Å². The molecular formula is C36H31F3N2O6S. The number of anilines is 1. The van der Waals surface area contributed by atoms with Crippen molar-refractivity contribution in [1.82, 2.24) is 4.90 Å². The number of hydrogen-bond acceptors (Lipinski definition) is 7. The van der Waals surface area contributed by atoms with Crippen LogP contribution in [-0.2, 0) is 16.5 Å². The summed E-state index contributed by atoms with van der Waals surface area (Å²) >= 11 is 0. The van der Waals surface area contributed by atoms with Crippen molar-refractivity contribution in [3.05, 3.63) is 124 Å². The maximum absolute atomic E-state index is 13.0. The fraction of sp³-hybridized carbons (Fsp3) is 0.278. The number of ether oxygens (including phenoxy) is 1. The van der Waals surface area contributed by atoms with Crippen molar-refractivity contribution in [3.63, 3.8) is 0 Å². The SMILES string of the molecule is CC1Cc2cc(OS(=O)(=O)C(F)(F)F)ccc2C(c2ccc(OCCN3C(=O)c4ccccc4C3=O)cc2)N1c1ccc(C2CC2)cc1. The van der Waals surface area contributed by atoms with E-state index in [2.05, 4.69) is 33.3 Å². The molecule has 3 aliphatic rings. The first-order valence-electron chi connectivity index (χ1n) is 15.6. The molecule has 0 spiro atoms. The maximum atomic E-state index is 13.0. The Balaban J connectivity index is 1.14. The van der Waals surface area contributed by atoms with Gasteiger partial charge in [-0.3, -0.25) is 14.5 Å². The molecule has 1 saturated carbocycles. The zero-order valence-electron chi connectivity index (χ0n) is 25.8. The topological polar surface area (TPSA) is 93.2 Å². The van der Waals surface area contributed by atoms with E-state index in [1.807, 2.05) is 19.1 Å². The van der Waals surface area contributed by atoms with Gasteiger partial charge in [-0.05, 0) is 103 Å². The Bertz CT molecular complexity index is 1960. The summed E-state index contributed by atoms with van der Waals surface area (Å²) < 4.78 is 72.9. The number of alkyl halides is 3. The van der Waals surface area contributed by atoms with E-state index in [1.165, 1.54) is 35.4 Å². The molecule has 4 aromatic rings. The van der Waals surface area contributed by atoms with E-state index in [0.717, 1.165) is 16.8 Å². The molecule has 0 bridgehead atoms. The fourth-order valence-electron chi connectivity index (χ4n) is 6.59. The Hall–Kier alpha value is -4.84. The maximum Gasteiger partial charge on any atom is 0.534 e. The number of carbonyl (C=O) groups is 2. The van der Waals surface area contributed by atoms with Crippen LogP contribution in [-0.4, -0.2) is 49.8 Å². The molecular weight excluding hydrogens is 645 g/mol. The minimum atomic E-state index is -5.82. The number of carbonyl (C=O) groups excluding carboxylic acids is 2. The lowest BCUT2D eigenvalue weighted by molar-refractivity contribution is -0.0500. The van der Waals surface area contributed by atoms with Crippen molar-refractivity contribution in [1.29, 1.82) is 0 Å². The average Bonchev–Trinajstić information content (AvgIpc) is 3.88. The summed E-state index contributed by atoms with van der Waals surface area (Å²) in [5.74, 6) is 0.0103. The molecule has 2 heterocycles. The lowest BCUT2D eigenvalue weighted by Gasteiger charge is -2.44. The Morgan fingerprint density at radius 2 is 1.42 bits per heavy atom. The molecule has 7 rings (SSSR count). The third kappa shape index (κ3) is 5.89. The molecule has 2 atom stereocenters. The zero-order chi connectivity index (χ0) is 33.8. The number of fused-ring (bicyclic) bond motifs is 2. The molecule has 1 aliphatic carbocycles. The van der Waals surface area contributed by atoms with Gasteiger partial charge >= 0.3 is 15.6 Å². The number of benzene rings is 4. The number of imide groups is 1. The monoisotopic (exact) mass is 676 g/mol. The lowest BCUT2D eigenvalue weighted by atomic mass is 9.84. The molecule has 2 amide bonds. The Kier molecular flexibility index (Phi) is 7.93. The molecule has 2 unspecified atom stereocenters. The van der Waals surface area contributed by atoms with Crippen LogP contribution in [0.15, 0.2) is 91.0 Å². The van der Waals surface area contributed by atoms with Crippen LogP contribution in [0.1, 0.15) is 74.7 Å². The highest BCUT2D eigenvalue weighted by molar-refractivity contribution is 7.88. The summed E-state index contributed by atoms with van der Waals surface area (Å²) in [6, 6.07) is 26.3. The number of nitrogens with zero attached hydrogens (tertiary/aromatic N) is 2. The summed E-state index contributed by atoms with van der Waals surface area (Å²) in [6.45, 7) is 2.19. The number of amides is 2. The summed E-state index contributed by atoms with van der Waals surface area (Å²) in [5.41, 5.74) is -0.179. The average molecular weight is 677 g/mol. The highest BCUT2D eigenvalue weighted by atomic mass is 32.2. The van der Waals surface area contributed by atoms with E-state index in [-0.39, 0.29) is 37.0 Å². The van der Waals surface area contributed by atoms with Crippen LogP contribution in [0.5, 0.6) is 11.5 Å². The van der Waals surface area contributed by atoms with Crippen LogP contribution in [0.3, 0.4) is 0 Å². The first-order chi connectivity index (χ1) is 22.9. The molecule has 12 heteroatoms.